The molecule has 3 rings (SSSR count). The molecule has 1 N–H and O–H groups in total. The summed E-state index contributed by atoms with van der Waals surface area (Å²) in [6.07, 6.45) is 3.42. The number of rotatable bonds is 3. The monoisotopic (exact) mass is 359 g/mol. The number of carbonyl (C=O) groups excluding carboxylic acids is 2. The molecule has 2 amide bonds. The van der Waals surface area contributed by atoms with E-state index in [0.717, 1.165) is 25.0 Å². The third kappa shape index (κ3) is 4.04. The van der Waals surface area contributed by atoms with Crippen molar-refractivity contribution >= 4 is 17.5 Å². The first-order valence-corrected chi connectivity index (χ1v) is 8.46. The van der Waals surface area contributed by atoms with Gasteiger partial charge in [0.2, 0.25) is 0 Å². The number of carbonyl (C=O) groups is 2. The van der Waals surface area contributed by atoms with E-state index in [4.69, 9.17) is 0 Å². The van der Waals surface area contributed by atoms with Crippen LogP contribution in [0.3, 0.4) is 0 Å². The molecule has 1 aliphatic heterocycles. The summed E-state index contributed by atoms with van der Waals surface area (Å²) in [6.45, 7) is 3.47. The smallest absolute Gasteiger partial charge is 0.274 e. The molecule has 1 atom stereocenters. The van der Waals surface area contributed by atoms with E-state index >= 15 is 0 Å². The van der Waals surface area contributed by atoms with E-state index in [1.165, 1.54) is 12.3 Å². The SMILES string of the molecule is CC1CCCN(C(=O)c2ccnc(C(=O)Nc3ccc(F)cc3F)c2)C1. The molecule has 136 valence electrons. The molecule has 2 aromatic rings. The molecule has 1 fully saturated rings. The van der Waals surface area contributed by atoms with Crippen LogP contribution >= 0.6 is 0 Å². The number of benzene rings is 1. The molecule has 2 heterocycles. The lowest BCUT2D eigenvalue weighted by Gasteiger charge is -2.31. The van der Waals surface area contributed by atoms with Gasteiger partial charge in [0.05, 0.1) is 5.69 Å². The second kappa shape index (κ2) is 7.59. The molecule has 1 aliphatic rings. The van der Waals surface area contributed by atoms with Crippen molar-refractivity contribution in [2.75, 3.05) is 18.4 Å². The fourth-order valence-electron chi connectivity index (χ4n) is 3.02. The highest BCUT2D eigenvalue weighted by molar-refractivity contribution is 6.04. The number of hydrogen-bond acceptors (Lipinski definition) is 3. The van der Waals surface area contributed by atoms with Crippen molar-refractivity contribution in [1.29, 1.82) is 0 Å². The van der Waals surface area contributed by atoms with Crippen molar-refractivity contribution < 1.29 is 18.4 Å². The van der Waals surface area contributed by atoms with E-state index in [1.807, 2.05) is 0 Å². The van der Waals surface area contributed by atoms with Crippen molar-refractivity contribution in [3.8, 4) is 0 Å². The van der Waals surface area contributed by atoms with Crippen molar-refractivity contribution in [2.24, 2.45) is 5.92 Å². The Hall–Kier alpha value is -2.83. The summed E-state index contributed by atoms with van der Waals surface area (Å²) >= 11 is 0. The van der Waals surface area contributed by atoms with Crippen LogP contribution in [-0.2, 0) is 0 Å². The zero-order valence-corrected chi connectivity index (χ0v) is 14.3. The fourth-order valence-corrected chi connectivity index (χ4v) is 3.02. The third-order valence-electron chi connectivity index (χ3n) is 4.36. The number of likely N-dealkylation sites (tertiary alicyclic amines) is 1. The van der Waals surface area contributed by atoms with Gasteiger partial charge in [0.25, 0.3) is 11.8 Å². The lowest BCUT2D eigenvalue weighted by Crippen LogP contribution is -2.39. The maximum Gasteiger partial charge on any atom is 0.274 e. The van der Waals surface area contributed by atoms with Crippen LogP contribution in [0.4, 0.5) is 14.5 Å². The minimum Gasteiger partial charge on any atom is -0.338 e. The number of pyridine rings is 1. The number of anilines is 1. The normalized spacial score (nSPS) is 17.0. The van der Waals surface area contributed by atoms with Crippen LogP contribution in [0.25, 0.3) is 0 Å². The number of amides is 2. The van der Waals surface area contributed by atoms with Gasteiger partial charge in [-0.2, -0.15) is 0 Å². The molecule has 0 radical (unpaired) electrons. The Labute approximate surface area is 150 Å². The largest absolute Gasteiger partial charge is 0.338 e. The van der Waals surface area contributed by atoms with Crippen molar-refractivity contribution in [2.45, 2.75) is 19.8 Å². The summed E-state index contributed by atoms with van der Waals surface area (Å²) in [5, 5.41) is 2.34. The van der Waals surface area contributed by atoms with Gasteiger partial charge in [0.1, 0.15) is 17.3 Å². The zero-order valence-electron chi connectivity index (χ0n) is 14.3. The summed E-state index contributed by atoms with van der Waals surface area (Å²) in [4.78, 5) is 30.6. The molecule has 7 heteroatoms. The van der Waals surface area contributed by atoms with E-state index in [2.05, 4.69) is 17.2 Å². The highest BCUT2D eigenvalue weighted by Gasteiger charge is 2.23. The van der Waals surface area contributed by atoms with Gasteiger partial charge in [-0.05, 0) is 43.0 Å². The Balaban J connectivity index is 1.75. The van der Waals surface area contributed by atoms with E-state index < -0.39 is 17.5 Å². The molecule has 0 bridgehead atoms. The van der Waals surface area contributed by atoms with Crippen LogP contribution in [-0.4, -0.2) is 34.8 Å². The molecule has 1 saturated heterocycles. The Kier molecular flexibility index (Phi) is 5.25. The average Bonchev–Trinajstić information content (AvgIpc) is 2.63. The highest BCUT2D eigenvalue weighted by atomic mass is 19.1. The molecular formula is C19H19F2N3O2. The van der Waals surface area contributed by atoms with Crippen LogP contribution < -0.4 is 5.32 Å². The number of nitrogens with one attached hydrogen (secondary N) is 1. The molecule has 1 aromatic carbocycles. The maximum atomic E-state index is 13.7. The lowest BCUT2D eigenvalue weighted by atomic mass is 9.99. The van der Waals surface area contributed by atoms with Gasteiger partial charge in [-0.25, -0.2) is 8.78 Å². The summed E-state index contributed by atoms with van der Waals surface area (Å²) < 4.78 is 26.6. The maximum absolute atomic E-state index is 13.7. The second-order valence-corrected chi connectivity index (χ2v) is 6.51. The molecule has 0 spiro atoms. The molecule has 26 heavy (non-hydrogen) atoms. The zero-order chi connectivity index (χ0) is 18.7. The van der Waals surface area contributed by atoms with Gasteiger partial charge in [-0.1, -0.05) is 6.92 Å². The number of halogens is 2. The fraction of sp³-hybridized carbons (Fsp3) is 0.316. The summed E-state index contributed by atoms with van der Waals surface area (Å²) in [6, 6.07) is 5.80. The standard InChI is InChI=1S/C19H19F2N3O2/c1-12-3-2-8-24(11-12)19(26)13-6-7-22-17(9-13)18(25)23-16-5-4-14(20)10-15(16)21/h4-7,9-10,12H,2-3,8,11H2,1H3,(H,23,25). The summed E-state index contributed by atoms with van der Waals surface area (Å²) in [5.74, 6) is -1.99. The van der Waals surface area contributed by atoms with E-state index in [0.29, 0.717) is 30.6 Å². The van der Waals surface area contributed by atoms with Crippen LogP contribution in [0.15, 0.2) is 36.5 Å². The van der Waals surface area contributed by atoms with Gasteiger partial charge in [-0.3, -0.25) is 14.6 Å². The van der Waals surface area contributed by atoms with Gasteiger partial charge >= 0.3 is 0 Å². The van der Waals surface area contributed by atoms with Crippen LogP contribution in [0.2, 0.25) is 0 Å². The molecule has 0 saturated carbocycles. The Morgan fingerprint density at radius 3 is 2.77 bits per heavy atom. The molecule has 0 aliphatic carbocycles. The molecule has 1 aromatic heterocycles. The number of hydrogen-bond donors (Lipinski definition) is 1. The quantitative estimate of drug-likeness (QED) is 0.913. The lowest BCUT2D eigenvalue weighted by molar-refractivity contribution is 0.0683. The van der Waals surface area contributed by atoms with Crippen LogP contribution in [0.1, 0.15) is 40.6 Å². The first-order valence-electron chi connectivity index (χ1n) is 8.46. The topological polar surface area (TPSA) is 62.3 Å². The summed E-state index contributed by atoms with van der Waals surface area (Å²) in [5.41, 5.74) is 0.197. The van der Waals surface area contributed by atoms with Crippen molar-refractivity contribution in [1.82, 2.24) is 9.88 Å². The molecular weight excluding hydrogens is 340 g/mol. The number of aromatic nitrogens is 1. The Bertz CT molecular complexity index is 841. The Morgan fingerprint density at radius 1 is 1.23 bits per heavy atom. The molecule has 1 unspecified atom stereocenters. The summed E-state index contributed by atoms with van der Waals surface area (Å²) in [7, 11) is 0. The Morgan fingerprint density at radius 2 is 2.04 bits per heavy atom. The molecule has 5 nitrogen and oxygen atoms in total. The second-order valence-electron chi connectivity index (χ2n) is 6.51. The minimum atomic E-state index is -0.882. The third-order valence-corrected chi connectivity index (χ3v) is 4.36. The van der Waals surface area contributed by atoms with Crippen molar-refractivity contribution in [3.63, 3.8) is 0 Å². The predicted molar refractivity (Wildman–Crippen MR) is 92.8 cm³/mol. The van der Waals surface area contributed by atoms with Gasteiger partial charge in [0, 0.05) is 30.9 Å². The van der Waals surface area contributed by atoms with E-state index in [-0.39, 0.29) is 17.3 Å². The minimum absolute atomic E-state index is 0.00960. The predicted octanol–water partition coefficient (Wildman–Crippen LogP) is 3.48. The van der Waals surface area contributed by atoms with Gasteiger partial charge in [-0.15, -0.1) is 0 Å². The average molecular weight is 359 g/mol. The number of nitrogens with zero attached hydrogens (tertiary/aromatic N) is 2. The van der Waals surface area contributed by atoms with E-state index in [9.17, 15) is 18.4 Å². The van der Waals surface area contributed by atoms with Crippen molar-refractivity contribution in [3.05, 3.63) is 59.4 Å². The van der Waals surface area contributed by atoms with Crippen LogP contribution in [0.5, 0.6) is 0 Å². The first-order chi connectivity index (χ1) is 12.4. The van der Waals surface area contributed by atoms with Gasteiger partial charge in [0.15, 0.2) is 0 Å². The van der Waals surface area contributed by atoms with Gasteiger partial charge < -0.3 is 10.2 Å². The van der Waals surface area contributed by atoms with E-state index in [1.54, 1.807) is 11.0 Å². The first kappa shape index (κ1) is 18.0. The highest BCUT2D eigenvalue weighted by Crippen LogP contribution is 2.19. The van der Waals surface area contributed by atoms with Crippen LogP contribution in [0, 0.1) is 17.6 Å². The number of piperidine rings is 1.